The lowest BCUT2D eigenvalue weighted by Crippen LogP contribution is -1.88. The summed E-state index contributed by atoms with van der Waals surface area (Å²) in [6, 6.07) is 4.37. The van der Waals surface area contributed by atoms with Crippen molar-refractivity contribution in [3.63, 3.8) is 0 Å². The van der Waals surface area contributed by atoms with Crippen molar-refractivity contribution in [3.8, 4) is 5.75 Å². The van der Waals surface area contributed by atoms with Gasteiger partial charge in [0.15, 0.2) is 0 Å². The lowest BCUT2D eigenvalue weighted by atomic mass is 10.2. The van der Waals surface area contributed by atoms with Gasteiger partial charge in [-0.3, -0.25) is 4.79 Å². The van der Waals surface area contributed by atoms with Gasteiger partial charge in [-0.05, 0) is 29.8 Å². The van der Waals surface area contributed by atoms with Gasteiger partial charge >= 0.3 is 0 Å². The number of phenolic OH excluding ortho intramolecular Hbond substituents is 1. The van der Waals surface area contributed by atoms with E-state index in [1.165, 1.54) is 12.1 Å². The second-order valence-electron chi connectivity index (χ2n) is 1.98. The van der Waals surface area contributed by atoms with Gasteiger partial charge in [0.05, 0.1) is 5.56 Å². The van der Waals surface area contributed by atoms with E-state index < -0.39 is 5.24 Å². The van der Waals surface area contributed by atoms with Crippen molar-refractivity contribution < 1.29 is 9.90 Å². The highest BCUT2D eigenvalue weighted by molar-refractivity contribution is 7.80. The first-order valence-electron chi connectivity index (χ1n) is 2.83. The molecule has 11 heavy (non-hydrogen) atoms. The van der Waals surface area contributed by atoms with Gasteiger partial charge < -0.3 is 5.11 Å². The number of benzene rings is 1. The molecule has 0 aliphatic rings. The van der Waals surface area contributed by atoms with Crippen molar-refractivity contribution >= 4 is 29.5 Å². The number of thiol groups is 1. The molecule has 0 atom stereocenters. The zero-order chi connectivity index (χ0) is 8.43. The molecule has 0 bridgehead atoms. The molecule has 58 valence electrons. The molecule has 1 rings (SSSR count). The number of rotatable bonds is 1. The quantitative estimate of drug-likeness (QED) is 0.523. The largest absolute Gasteiger partial charge is 0.507 e. The molecule has 0 spiro atoms. The van der Waals surface area contributed by atoms with Gasteiger partial charge in [-0.25, -0.2) is 0 Å². The van der Waals surface area contributed by atoms with Crippen molar-refractivity contribution in [2.45, 2.75) is 4.90 Å². The monoisotopic (exact) mass is 188 g/mol. The van der Waals surface area contributed by atoms with Gasteiger partial charge in [-0.2, -0.15) is 0 Å². The summed E-state index contributed by atoms with van der Waals surface area (Å²) in [6.45, 7) is 0. The van der Waals surface area contributed by atoms with Crippen LogP contribution in [0.3, 0.4) is 0 Å². The zero-order valence-electron chi connectivity index (χ0n) is 5.41. The van der Waals surface area contributed by atoms with E-state index in [0.717, 1.165) is 0 Å². The summed E-state index contributed by atoms with van der Waals surface area (Å²) in [5.74, 6) is -0.141. The molecule has 0 radical (unpaired) electrons. The Balaban J connectivity index is 3.20. The van der Waals surface area contributed by atoms with E-state index in [2.05, 4.69) is 12.6 Å². The molecule has 1 N–H and O–H groups in total. The van der Waals surface area contributed by atoms with Crippen molar-refractivity contribution in [3.05, 3.63) is 23.8 Å². The number of aromatic hydroxyl groups is 1. The van der Waals surface area contributed by atoms with Crippen LogP contribution >= 0.6 is 24.2 Å². The van der Waals surface area contributed by atoms with Crippen LogP contribution in [0.25, 0.3) is 0 Å². The zero-order valence-corrected chi connectivity index (χ0v) is 7.06. The summed E-state index contributed by atoms with van der Waals surface area (Å²) in [6.07, 6.45) is 0. The van der Waals surface area contributed by atoms with Crippen molar-refractivity contribution in [2.24, 2.45) is 0 Å². The van der Waals surface area contributed by atoms with Crippen LogP contribution in [-0.4, -0.2) is 10.3 Å². The number of carbonyl (C=O) groups is 1. The fraction of sp³-hybridized carbons (Fsp3) is 0. The van der Waals surface area contributed by atoms with Crippen LogP contribution in [0, 0.1) is 0 Å². The molecule has 0 amide bonds. The van der Waals surface area contributed by atoms with Crippen molar-refractivity contribution in [2.75, 3.05) is 0 Å². The number of hydrogen-bond donors (Lipinski definition) is 2. The average Bonchev–Trinajstić information content (AvgIpc) is 1.85. The molecule has 0 heterocycles. The summed E-state index contributed by atoms with van der Waals surface area (Å²) >= 11 is 9.09. The fourth-order valence-corrected chi connectivity index (χ4v) is 1.04. The van der Waals surface area contributed by atoms with Crippen LogP contribution in [0.15, 0.2) is 23.1 Å². The smallest absolute Gasteiger partial charge is 0.256 e. The highest BCUT2D eigenvalue weighted by Crippen LogP contribution is 2.21. The van der Waals surface area contributed by atoms with E-state index in [0.29, 0.717) is 4.90 Å². The van der Waals surface area contributed by atoms with E-state index >= 15 is 0 Å². The van der Waals surface area contributed by atoms with Crippen molar-refractivity contribution in [1.29, 1.82) is 0 Å². The van der Waals surface area contributed by atoms with Gasteiger partial charge in [0, 0.05) is 4.90 Å². The SMILES string of the molecule is O=C(Cl)c1ccc(S)cc1O. The van der Waals surface area contributed by atoms with Crippen LogP contribution < -0.4 is 0 Å². The Labute approximate surface area is 74.2 Å². The van der Waals surface area contributed by atoms with E-state index in [-0.39, 0.29) is 11.3 Å². The molecule has 0 unspecified atom stereocenters. The van der Waals surface area contributed by atoms with Gasteiger partial charge in [0.25, 0.3) is 5.24 Å². The van der Waals surface area contributed by atoms with E-state index in [4.69, 9.17) is 16.7 Å². The molecule has 1 aromatic carbocycles. The van der Waals surface area contributed by atoms with Crippen LogP contribution in [-0.2, 0) is 0 Å². The summed E-state index contributed by atoms with van der Waals surface area (Å²) in [5, 5.41) is 8.44. The molecular weight excluding hydrogens is 184 g/mol. The summed E-state index contributed by atoms with van der Waals surface area (Å²) in [7, 11) is 0. The maximum Gasteiger partial charge on any atom is 0.256 e. The lowest BCUT2D eigenvalue weighted by Gasteiger charge is -1.98. The first-order valence-corrected chi connectivity index (χ1v) is 3.65. The molecule has 1 aromatic rings. The van der Waals surface area contributed by atoms with Gasteiger partial charge in [-0.1, -0.05) is 0 Å². The maximum atomic E-state index is 10.6. The number of halogens is 1. The standard InChI is InChI=1S/C7H5ClO2S/c8-7(10)5-2-1-4(11)3-6(5)9/h1-3,9,11H. The molecule has 0 aliphatic carbocycles. The minimum Gasteiger partial charge on any atom is -0.507 e. The first kappa shape index (κ1) is 8.43. The normalized spacial score (nSPS) is 9.64. The third-order valence-corrected chi connectivity index (χ3v) is 1.67. The Morgan fingerprint density at radius 1 is 1.55 bits per heavy atom. The Morgan fingerprint density at radius 3 is 2.64 bits per heavy atom. The molecule has 0 aromatic heterocycles. The van der Waals surface area contributed by atoms with E-state index in [9.17, 15) is 4.79 Å². The minimum absolute atomic E-state index is 0.101. The molecule has 0 fully saturated rings. The van der Waals surface area contributed by atoms with Gasteiger partial charge in [0.2, 0.25) is 0 Å². The molecule has 0 saturated carbocycles. The highest BCUT2D eigenvalue weighted by Gasteiger charge is 2.06. The van der Waals surface area contributed by atoms with E-state index in [1.54, 1.807) is 6.07 Å². The Morgan fingerprint density at radius 2 is 2.18 bits per heavy atom. The maximum absolute atomic E-state index is 10.6. The van der Waals surface area contributed by atoms with Crippen LogP contribution in [0.5, 0.6) is 5.75 Å². The molecule has 2 nitrogen and oxygen atoms in total. The third kappa shape index (κ3) is 1.88. The second kappa shape index (κ2) is 3.15. The highest BCUT2D eigenvalue weighted by atomic mass is 35.5. The molecular formula is C7H5ClO2S. The first-order chi connectivity index (χ1) is 5.11. The van der Waals surface area contributed by atoms with E-state index in [1.807, 2.05) is 0 Å². The number of carbonyl (C=O) groups excluding carboxylic acids is 1. The molecule has 0 aliphatic heterocycles. The lowest BCUT2D eigenvalue weighted by molar-refractivity contribution is 0.107. The predicted molar refractivity (Wildman–Crippen MR) is 45.5 cm³/mol. The van der Waals surface area contributed by atoms with Crippen LogP contribution in [0.1, 0.15) is 10.4 Å². The fourth-order valence-electron chi connectivity index (χ4n) is 0.686. The molecule has 0 saturated heterocycles. The third-order valence-electron chi connectivity index (χ3n) is 1.19. The second-order valence-corrected chi connectivity index (χ2v) is 2.83. The Bertz CT molecular complexity index is 298. The average molecular weight is 189 g/mol. The van der Waals surface area contributed by atoms with Crippen LogP contribution in [0.2, 0.25) is 0 Å². The number of phenols is 1. The summed E-state index contributed by atoms with van der Waals surface area (Å²) in [5.41, 5.74) is 0.101. The summed E-state index contributed by atoms with van der Waals surface area (Å²) in [4.78, 5) is 11.1. The van der Waals surface area contributed by atoms with Crippen LogP contribution in [0.4, 0.5) is 0 Å². The van der Waals surface area contributed by atoms with Crippen molar-refractivity contribution in [1.82, 2.24) is 0 Å². The van der Waals surface area contributed by atoms with Gasteiger partial charge in [0.1, 0.15) is 5.75 Å². The summed E-state index contributed by atoms with van der Waals surface area (Å²) < 4.78 is 0. The van der Waals surface area contributed by atoms with Gasteiger partial charge in [-0.15, -0.1) is 12.6 Å². The Kier molecular flexibility index (Phi) is 2.42. The minimum atomic E-state index is -0.671. The topological polar surface area (TPSA) is 37.3 Å². The molecule has 4 heteroatoms. The predicted octanol–water partition coefficient (Wildman–Crippen LogP) is 2.06. The Hall–Kier alpha value is -0.670. The number of hydrogen-bond acceptors (Lipinski definition) is 3.